The van der Waals surface area contributed by atoms with Crippen molar-refractivity contribution < 1.29 is 0 Å². The minimum Gasteiger partial charge on any atom is -0.383 e. The highest BCUT2D eigenvalue weighted by Crippen LogP contribution is 2.23. The number of nitrogens with two attached hydrogens (primary N) is 2. The SMILES string of the molecule is Cc1cnc(N)c(C(Cc2csc(C)n2)NN)c1. The van der Waals surface area contributed by atoms with Gasteiger partial charge >= 0.3 is 0 Å². The minimum absolute atomic E-state index is 0.0705. The first-order valence-electron chi connectivity index (χ1n) is 5.69. The van der Waals surface area contributed by atoms with E-state index in [4.69, 9.17) is 11.6 Å². The zero-order valence-electron chi connectivity index (χ0n) is 10.5. The van der Waals surface area contributed by atoms with Crippen LogP contribution in [-0.2, 0) is 6.42 Å². The van der Waals surface area contributed by atoms with Crippen molar-refractivity contribution in [2.45, 2.75) is 26.3 Å². The molecule has 18 heavy (non-hydrogen) atoms. The van der Waals surface area contributed by atoms with Gasteiger partial charge in [-0.3, -0.25) is 11.3 Å². The lowest BCUT2D eigenvalue weighted by molar-refractivity contribution is 0.546. The molecule has 2 rings (SSSR count). The predicted molar refractivity (Wildman–Crippen MR) is 74.0 cm³/mol. The normalized spacial score (nSPS) is 12.6. The van der Waals surface area contributed by atoms with Crippen LogP contribution < -0.4 is 17.0 Å². The van der Waals surface area contributed by atoms with E-state index in [1.807, 2.05) is 25.3 Å². The summed E-state index contributed by atoms with van der Waals surface area (Å²) in [4.78, 5) is 8.60. The Balaban J connectivity index is 2.25. The zero-order valence-corrected chi connectivity index (χ0v) is 11.3. The van der Waals surface area contributed by atoms with Crippen molar-refractivity contribution in [1.82, 2.24) is 15.4 Å². The third-order valence-electron chi connectivity index (χ3n) is 2.74. The summed E-state index contributed by atoms with van der Waals surface area (Å²) in [5.41, 5.74) is 11.7. The van der Waals surface area contributed by atoms with E-state index >= 15 is 0 Å². The van der Waals surface area contributed by atoms with Gasteiger partial charge in [0.2, 0.25) is 0 Å². The second-order valence-corrected chi connectivity index (χ2v) is 5.33. The molecule has 0 aromatic carbocycles. The number of pyridine rings is 1. The molecule has 96 valence electrons. The number of aryl methyl sites for hydroxylation is 2. The van der Waals surface area contributed by atoms with Crippen molar-refractivity contribution in [2.75, 3.05) is 5.73 Å². The Morgan fingerprint density at radius 2 is 2.22 bits per heavy atom. The van der Waals surface area contributed by atoms with Gasteiger partial charge in [0.05, 0.1) is 16.7 Å². The smallest absolute Gasteiger partial charge is 0.128 e. The van der Waals surface area contributed by atoms with Crippen LogP contribution in [0.5, 0.6) is 0 Å². The minimum atomic E-state index is -0.0705. The van der Waals surface area contributed by atoms with Gasteiger partial charge < -0.3 is 5.73 Å². The highest BCUT2D eigenvalue weighted by Gasteiger charge is 2.16. The molecule has 0 aliphatic heterocycles. The second-order valence-electron chi connectivity index (χ2n) is 4.27. The van der Waals surface area contributed by atoms with E-state index in [-0.39, 0.29) is 6.04 Å². The first-order chi connectivity index (χ1) is 8.60. The van der Waals surface area contributed by atoms with Crippen LogP contribution in [0, 0.1) is 13.8 Å². The number of nitrogen functional groups attached to an aromatic ring is 1. The average Bonchev–Trinajstić information content (AvgIpc) is 2.75. The number of nitrogens with one attached hydrogen (secondary N) is 1. The van der Waals surface area contributed by atoms with Crippen LogP contribution in [0.2, 0.25) is 0 Å². The van der Waals surface area contributed by atoms with Crippen LogP contribution in [0.3, 0.4) is 0 Å². The maximum atomic E-state index is 5.90. The molecule has 0 radical (unpaired) electrons. The fourth-order valence-corrected chi connectivity index (χ4v) is 2.48. The van der Waals surface area contributed by atoms with E-state index in [0.717, 1.165) is 21.8 Å². The van der Waals surface area contributed by atoms with Crippen LogP contribution in [0.25, 0.3) is 0 Å². The van der Waals surface area contributed by atoms with Gasteiger partial charge in [0.25, 0.3) is 0 Å². The van der Waals surface area contributed by atoms with Gasteiger partial charge in [-0.2, -0.15) is 0 Å². The summed E-state index contributed by atoms with van der Waals surface area (Å²) < 4.78 is 0. The predicted octanol–water partition coefficient (Wildman–Crippen LogP) is 1.48. The van der Waals surface area contributed by atoms with Gasteiger partial charge in [0, 0.05) is 23.6 Å². The molecule has 1 unspecified atom stereocenters. The summed E-state index contributed by atoms with van der Waals surface area (Å²) in [7, 11) is 0. The maximum absolute atomic E-state index is 5.90. The van der Waals surface area contributed by atoms with Gasteiger partial charge in [-0.25, -0.2) is 9.97 Å². The number of hydrogen-bond acceptors (Lipinski definition) is 6. The number of thiazole rings is 1. The van der Waals surface area contributed by atoms with Crippen molar-refractivity contribution in [3.05, 3.63) is 39.5 Å². The van der Waals surface area contributed by atoms with Crippen LogP contribution in [0.1, 0.15) is 27.9 Å². The third kappa shape index (κ3) is 2.84. The quantitative estimate of drug-likeness (QED) is 0.574. The van der Waals surface area contributed by atoms with Crippen molar-refractivity contribution in [3.63, 3.8) is 0 Å². The van der Waals surface area contributed by atoms with Gasteiger partial charge in [-0.15, -0.1) is 11.3 Å². The molecular weight excluding hydrogens is 246 g/mol. The Hall–Kier alpha value is -1.50. The molecule has 0 spiro atoms. The average molecular weight is 263 g/mol. The fraction of sp³-hybridized carbons (Fsp3) is 0.333. The number of nitrogens with zero attached hydrogens (tertiary/aromatic N) is 2. The number of hydrazine groups is 1. The molecule has 0 fully saturated rings. The largest absolute Gasteiger partial charge is 0.383 e. The van der Waals surface area contributed by atoms with Gasteiger partial charge in [-0.05, 0) is 25.5 Å². The Morgan fingerprint density at radius 3 is 2.83 bits per heavy atom. The molecule has 5 N–H and O–H groups in total. The number of rotatable bonds is 4. The highest BCUT2D eigenvalue weighted by molar-refractivity contribution is 7.09. The fourth-order valence-electron chi connectivity index (χ4n) is 1.85. The van der Waals surface area contributed by atoms with Gasteiger partial charge in [0.15, 0.2) is 0 Å². The maximum Gasteiger partial charge on any atom is 0.128 e. The summed E-state index contributed by atoms with van der Waals surface area (Å²) in [6, 6.07) is 1.94. The van der Waals surface area contributed by atoms with Crippen molar-refractivity contribution >= 4 is 17.2 Å². The van der Waals surface area contributed by atoms with E-state index in [2.05, 4.69) is 15.4 Å². The van der Waals surface area contributed by atoms with Crippen molar-refractivity contribution in [2.24, 2.45) is 5.84 Å². The van der Waals surface area contributed by atoms with Crippen LogP contribution in [0.4, 0.5) is 5.82 Å². The van der Waals surface area contributed by atoms with Crippen molar-refractivity contribution in [1.29, 1.82) is 0 Å². The molecule has 0 aliphatic carbocycles. The Labute approximate surface area is 110 Å². The molecular formula is C12H17N5S. The summed E-state index contributed by atoms with van der Waals surface area (Å²) in [6.45, 7) is 3.97. The third-order valence-corrected chi connectivity index (χ3v) is 3.56. The second kappa shape index (κ2) is 5.43. The first kappa shape index (κ1) is 12.9. The summed E-state index contributed by atoms with van der Waals surface area (Å²) in [6.07, 6.45) is 2.45. The van der Waals surface area contributed by atoms with Gasteiger partial charge in [0.1, 0.15) is 5.82 Å². The van der Waals surface area contributed by atoms with E-state index in [0.29, 0.717) is 12.2 Å². The standard InChI is InChI=1S/C12H17N5S/c1-7-3-10(12(13)15-5-7)11(17-14)4-9-6-18-8(2)16-9/h3,5-6,11,17H,4,14H2,1-2H3,(H2,13,15). The molecule has 0 bridgehead atoms. The van der Waals surface area contributed by atoms with Gasteiger partial charge in [-0.1, -0.05) is 0 Å². The lowest BCUT2D eigenvalue weighted by Gasteiger charge is -2.17. The Bertz CT molecular complexity index is 537. The van der Waals surface area contributed by atoms with E-state index < -0.39 is 0 Å². The number of hydrogen-bond donors (Lipinski definition) is 3. The van der Waals surface area contributed by atoms with Crippen LogP contribution >= 0.6 is 11.3 Å². The molecule has 0 saturated carbocycles. The molecule has 2 aromatic rings. The number of anilines is 1. The van der Waals surface area contributed by atoms with E-state index in [1.54, 1.807) is 17.5 Å². The van der Waals surface area contributed by atoms with Crippen molar-refractivity contribution in [3.8, 4) is 0 Å². The molecule has 5 nitrogen and oxygen atoms in total. The molecule has 2 aromatic heterocycles. The zero-order chi connectivity index (χ0) is 13.1. The monoisotopic (exact) mass is 263 g/mol. The first-order valence-corrected chi connectivity index (χ1v) is 6.57. The molecule has 1 atom stereocenters. The van der Waals surface area contributed by atoms with E-state index in [1.165, 1.54) is 0 Å². The lowest BCUT2D eigenvalue weighted by atomic mass is 10.0. The topological polar surface area (TPSA) is 89.8 Å². The number of aromatic nitrogens is 2. The summed E-state index contributed by atoms with van der Waals surface area (Å²) in [5, 5.41) is 3.09. The van der Waals surface area contributed by atoms with E-state index in [9.17, 15) is 0 Å². The van der Waals surface area contributed by atoms with Crippen LogP contribution in [0.15, 0.2) is 17.6 Å². The summed E-state index contributed by atoms with van der Waals surface area (Å²) >= 11 is 1.63. The molecule has 6 heteroatoms. The molecule has 0 amide bonds. The molecule has 0 saturated heterocycles. The molecule has 0 aliphatic rings. The lowest BCUT2D eigenvalue weighted by Crippen LogP contribution is -2.30. The Kier molecular flexibility index (Phi) is 3.90. The highest BCUT2D eigenvalue weighted by atomic mass is 32.1. The Morgan fingerprint density at radius 1 is 1.44 bits per heavy atom. The van der Waals surface area contributed by atoms with Crippen LogP contribution in [-0.4, -0.2) is 9.97 Å². The molecule has 2 heterocycles. The summed E-state index contributed by atoms with van der Waals surface area (Å²) in [5.74, 6) is 6.13.